The second kappa shape index (κ2) is 8.85. The minimum atomic E-state index is -0.209. The summed E-state index contributed by atoms with van der Waals surface area (Å²) in [4.78, 5) is 0. The zero-order valence-corrected chi connectivity index (χ0v) is 15.9. The van der Waals surface area contributed by atoms with Crippen molar-refractivity contribution in [3.8, 4) is 11.1 Å². The first kappa shape index (κ1) is 18.5. The molecule has 2 atom stereocenters. The Bertz CT molecular complexity index is 674. The highest BCUT2D eigenvalue weighted by Gasteiger charge is 2.14. The second-order valence-corrected chi connectivity index (χ2v) is 6.19. The van der Waals surface area contributed by atoms with E-state index in [-0.39, 0.29) is 5.82 Å². The van der Waals surface area contributed by atoms with E-state index >= 15 is 0 Å². The van der Waals surface area contributed by atoms with E-state index in [1.807, 2.05) is 24.3 Å². The highest BCUT2D eigenvalue weighted by Crippen LogP contribution is 2.31. The van der Waals surface area contributed by atoms with E-state index in [0.29, 0.717) is 18.8 Å². The molecule has 0 saturated carbocycles. The van der Waals surface area contributed by atoms with Gasteiger partial charge in [0.15, 0.2) is 0 Å². The zero-order valence-electron chi connectivity index (χ0n) is 13.6. The van der Waals surface area contributed by atoms with Crippen molar-refractivity contribution in [3.63, 3.8) is 0 Å². The maximum absolute atomic E-state index is 14.7. The minimum absolute atomic E-state index is 0.209. The number of methoxy groups -OCH3 is 2. The van der Waals surface area contributed by atoms with Crippen molar-refractivity contribution in [2.24, 2.45) is 0 Å². The van der Waals surface area contributed by atoms with Crippen molar-refractivity contribution in [1.82, 2.24) is 0 Å². The molecule has 0 amide bonds. The zero-order chi connectivity index (χ0) is 16.8. The van der Waals surface area contributed by atoms with E-state index in [9.17, 15) is 4.39 Å². The van der Waals surface area contributed by atoms with E-state index in [0.717, 1.165) is 34.6 Å². The normalized spacial score (nSPS) is 11.0. The van der Waals surface area contributed by atoms with Crippen LogP contribution in [0.1, 0.15) is 22.3 Å². The summed E-state index contributed by atoms with van der Waals surface area (Å²) in [6.45, 7) is 0.901. The summed E-state index contributed by atoms with van der Waals surface area (Å²) in [7, 11) is 8.64. The lowest BCUT2D eigenvalue weighted by Gasteiger charge is -2.15. The molecule has 0 radical (unpaired) electrons. The van der Waals surface area contributed by atoms with Crippen LogP contribution in [0.5, 0.6) is 0 Å². The van der Waals surface area contributed by atoms with Crippen molar-refractivity contribution in [2.75, 3.05) is 14.2 Å². The average molecular weight is 352 g/mol. The van der Waals surface area contributed by atoms with E-state index in [2.05, 4.69) is 18.5 Å². The van der Waals surface area contributed by atoms with Crippen LogP contribution < -0.4 is 0 Å². The Labute approximate surface area is 142 Å². The Morgan fingerprint density at radius 1 is 0.870 bits per heavy atom. The molecular weight excluding hydrogens is 329 g/mol. The molecule has 23 heavy (non-hydrogen) atoms. The quantitative estimate of drug-likeness (QED) is 0.682. The molecule has 2 rings (SSSR count). The van der Waals surface area contributed by atoms with Gasteiger partial charge in [0.2, 0.25) is 0 Å². The Kier molecular flexibility index (Phi) is 7.11. The largest absolute Gasteiger partial charge is 0.380 e. The van der Waals surface area contributed by atoms with Crippen LogP contribution in [0, 0.1) is 5.82 Å². The van der Waals surface area contributed by atoms with E-state index < -0.39 is 0 Å². The lowest BCUT2D eigenvalue weighted by Crippen LogP contribution is -2.00. The number of benzene rings is 2. The number of hydrogen-bond acceptors (Lipinski definition) is 2. The van der Waals surface area contributed by atoms with Crippen LogP contribution >= 0.6 is 18.5 Å². The SMILES string of the molecule is COCc1cc(-c2c(F)cc(CP)cc2COC)ccc1CP. The molecule has 124 valence electrons. The molecule has 0 aliphatic heterocycles. The van der Waals surface area contributed by atoms with Gasteiger partial charge < -0.3 is 9.47 Å². The molecule has 0 bridgehead atoms. The van der Waals surface area contributed by atoms with Gasteiger partial charge in [-0.3, -0.25) is 0 Å². The monoisotopic (exact) mass is 352 g/mol. The number of hydrogen-bond donors (Lipinski definition) is 0. The van der Waals surface area contributed by atoms with Gasteiger partial charge in [0.25, 0.3) is 0 Å². The highest BCUT2D eigenvalue weighted by atomic mass is 31.0. The molecule has 0 heterocycles. The third-order valence-electron chi connectivity index (χ3n) is 3.78. The van der Waals surface area contributed by atoms with Gasteiger partial charge in [-0.2, -0.15) is 0 Å². The van der Waals surface area contributed by atoms with Crippen LogP contribution in [0.25, 0.3) is 11.1 Å². The topological polar surface area (TPSA) is 18.5 Å². The fraction of sp³-hybridized carbons (Fsp3) is 0.333. The molecule has 2 aromatic rings. The van der Waals surface area contributed by atoms with E-state index in [1.165, 1.54) is 5.56 Å². The summed E-state index contributed by atoms with van der Waals surface area (Å²) in [6.07, 6.45) is 1.56. The molecule has 0 aromatic heterocycles. The van der Waals surface area contributed by atoms with Crippen LogP contribution in [-0.4, -0.2) is 14.2 Å². The van der Waals surface area contributed by atoms with Crippen LogP contribution in [-0.2, 0) is 35.0 Å². The molecule has 0 spiro atoms. The lowest BCUT2D eigenvalue weighted by molar-refractivity contribution is 0.184. The molecule has 2 aromatic carbocycles. The van der Waals surface area contributed by atoms with Crippen LogP contribution in [0.4, 0.5) is 4.39 Å². The van der Waals surface area contributed by atoms with Gasteiger partial charge in [0.05, 0.1) is 13.2 Å². The third kappa shape index (κ3) is 4.37. The van der Waals surface area contributed by atoms with Crippen LogP contribution in [0.15, 0.2) is 30.3 Å². The first-order valence-electron chi connectivity index (χ1n) is 7.46. The second-order valence-electron chi connectivity index (χ2n) is 5.37. The molecule has 2 unspecified atom stereocenters. The maximum Gasteiger partial charge on any atom is 0.131 e. The summed E-state index contributed by atoms with van der Waals surface area (Å²) in [5.74, 6) is -0.209. The van der Waals surface area contributed by atoms with Crippen molar-refractivity contribution >= 4 is 18.5 Å². The van der Waals surface area contributed by atoms with Gasteiger partial charge in [-0.1, -0.05) is 18.2 Å². The molecule has 5 heteroatoms. The van der Waals surface area contributed by atoms with Crippen molar-refractivity contribution in [2.45, 2.75) is 25.5 Å². The molecule has 0 aliphatic carbocycles. The highest BCUT2D eigenvalue weighted by molar-refractivity contribution is 7.15. The van der Waals surface area contributed by atoms with Crippen LogP contribution in [0.3, 0.4) is 0 Å². The maximum atomic E-state index is 14.7. The molecule has 0 N–H and O–H groups in total. The standard InChI is InChI=1S/C18H23FO2P2/c1-20-8-15-7-13(3-4-14(15)11-23)18-16(9-21-2)5-12(10-22)6-17(18)19/h3-7H,8-11,22-23H2,1-2H3. The van der Waals surface area contributed by atoms with E-state index in [1.54, 1.807) is 20.3 Å². The van der Waals surface area contributed by atoms with Gasteiger partial charge in [0, 0.05) is 19.8 Å². The molecule has 2 nitrogen and oxygen atoms in total. The van der Waals surface area contributed by atoms with Gasteiger partial charge in [-0.15, -0.1) is 18.5 Å². The fourth-order valence-corrected chi connectivity index (χ4v) is 3.34. The molecule has 0 fully saturated rings. The van der Waals surface area contributed by atoms with Crippen molar-refractivity contribution < 1.29 is 13.9 Å². The Morgan fingerprint density at radius 2 is 1.57 bits per heavy atom. The summed E-state index contributed by atoms with van der Waals surface area (Å²) >= 11 is 0. The summed E-state index contributed by atoms with van der Waals surface area (Å²) in [6, 6.07) is 9.63. The number of rotatable bonds is 7. The Balaban J connectivity index is 2.58. The average Bonchev–Trinajstić information content (AvgIpc) is 2.55. The minimum Gasteiger partial charge on any atom is -0.380 e. The fourth-order valence-electron chi connectivity index (χ4n) is 2.71. The molecule has 0 saturated heterocycles. The Hall–Kier alpha value is -0.850. The summed E-state index contributed by atoms with van der Waals surface area (Å²) in [5.41, 5.74) is 5.56. The lowest BCUT2D eigenvalue weighted by atomic mass is 9.94. The van der Waals surface area contributed by atoms with Gasteiger partial charge >= 0.3 is 0 Å². The van der Waals surface area contributed by atoms with E-state index in [4.69, 9.17) is 9.47 Å². The summed E-state index contributed by atoms with van der Waals surface area (Å²) < 4.78 is 25.2. The number of ether oxygens (including phenoxy) is 2. The predicted molar refractivity (Wildman–Crippen MR) is 100 cm³/mol. The molecular formula is C18H23FO2P2. The first-order valence-corrected chi connectivity index (χ1v) is 9.09. The van der Waals surface area contributed by atoms with Gasteiger partial charge in [-0.25, -0.2) is 4.39 Å². The Morgan fingerprint density at radius 3 is 2.17 bits per heavy atom. The van der Waals surface area contributed by atoms with Gasteiger partial charge in [-0.05, 0) is 52.3 Å². The predicted octanol–water partition coefficient (Wildman–Crippen LogP) is 4.54. The first-order chi connectivity index (χ1) is 11.1. The third-order valence-corrected chi connectivity index (χ3v) is 4.69. The van der Waals surface area contributed by atoms with Crippen molar-refractivity contribution in [1.29, 1.82) is 0 Å². The molecule has 0 aliphatic rings. The van der Waals surface area contributed by atoms with Crippen molar-refractivity contribution in [3.05, 3.63) is 58.4 Å². The number of halogens is 1. The summed E-state index contributed by atoms with van der Waals surface area (Å²) in [5, 5.41) is 0. The smallest absolute Gasteiger partial charge is 0.131 e. The van der Waals surface area contributed by atoms with Crippen LogP contribution in [0.2, 0.25) is 0 Å². The van der Waals surface area contributed by atoms with Gasteiger partial charge in [0.1, 0.15) is 5.82 Å².